The van der Waals surface area contributed by atoms with Crippen LogP contribution in [0.4, 0.5) is 4.79 Å². The van der Waals surface area contributed by atoms with Gasteiger partial charge in [0, 0.05) is 15.0 Å². The van der Waals surface area contributed by atoms with Gasteiger partial charge in [0.15, 0.2) is 5.69 Å². The molecule has 1 aromatic rings. The first-order valence-electron chi connectivity index (χ1n) is 8.72. The monoisotopic (exact) mass is 419 g/mol. The van der Waals surface area contributed by atoms with Crippen LogP contribution >= 0.6 is 0 Å². The van der Waals surface area contributed by atoms with Crippen LogP contribution in [-0.2, 0) is 14.8 Å². The molecule has 0 saturated carbocycles. The summed E-state index contributed by atoms with van der Waals surface area (Å²) in [5.74, 6) is -0.668. The van der Waals surface area contributed by atoms with E-state index in [1.807, 2.05) is 6.07 Å². The average molecular weight is 419 g/mol. The van der Waals surface area contributed by atoms with Crippen molar-refractivity contribution in [1.29, 1.82) is 5.26 Å². The van der Waals surface area contributed by atoms with Gasteiger partial charge < -0.3 is 10.6 Å². The molecule has 3 amide bonds. The van der Waals surface area contributed by atoms with Gasteiger partial charge in [-0.1, -0.05) is 17.7 Å². The highest BCUT2D eigenvalue weighted by Gasteiger charge is 2.45. The lowest BCUT2D eigenvalue weighted by Crippen LogP contribution is -2.58. The molecule has 3 rings (SSSR count). The molecular weight excluding hydrogens is 396 g/mol. The zero-order chi connectivity index (χ0) is 21.3. The van der Waals surface area contributed by atoms with E-state index in [1.54, 1.807) is 33.3 Å². The second-order valence-corrected chi connectivity index (χ2v) is 8.66. The highest BCUT2D eigenvalue weighted by Crippen LogP contribution is 2.30. The van der Waals surface area contributed by atoms with Crippen LogP contribution in [0.2, 0.25) is 0 Å². The van der Waals surface area contributed by atoms with Crippen LogP contribution in [0, 0.1) is 24.7 Å². The Morgan fingerprint density at radius 2 is 2.17 bits per heavy atom. The molecule has 2 aliphatic rings. The highest BCUT2D eigenvalue weighted by molar-refractivity contribution is 7.90. The second kappa shape index (κ2) is 7.63. The second-order valence-electron chi connectivity index (χ2n) is 6.71. The molecule has 1 fully saturated rings. The summed E-state index contributed by atoms with van der Waals surface area (Å²) in [5.41, 5.74) is 1.87. The number of hydrogen-bond donors (Lipinski definition) is 2. The first-order valence-corrected chi connectivity index (χ1v) is 10.2. The third-order valence-corrected chi connectivity index (χ3v) is 6.72. The normalized spacial score (nSPS) is 21.1. The van der Waals surface area contributed by atoms with Crippen molar-refractivity contribution in [2.45, 2.75) is 32.1 Å². The van der Waals surface area contributed by atoms with Gasteiger partial charge in [-0.15, -0.1) is 0 Å². The topological polar surface area (TPSA) is 145 Å². The van der Waals surface area contributed by atoms with Gasteiger partial charge in [-0.05, 0) is 20.8 Å². The number of hydrogen-bond acceptors (Lipinski definition) is 7. The number of amides is 3. The number of allylic oxidation sites excluding steroid dienone is 2. The number of nitrogens with one attached hydrogen (secondary N) is 2. The Labute approximate surface area is 171 Å². The average Bonchev–Trinajstić information content (AvgIpc) is 2.64. The largest absolute Gasteiger partial charge is 0.346 e. The Hall–Kier alpha value is -3.26. The number of sulfonamides is 1. The fourth-order valence-electron chi connectivity index (χ4n) is 3.27. The molecule has 1 aliphatic carbocycles. The molecule has 155 valence electrons. The molecule has 0 aromatic carbocycles. The first-order chi connectivity index (χ1) is 13.6. The van der Waals surface area contributed by atoms with Crippen molar-refractivity contribution < 1.29 is 20.9 Å². The van der Waals surface area contributed by atoms with E-state index in [1.165, 1.54) is 12.3 Å². The molecule has 11 heteroatoms. The minimum absolute atomic E-state index is 0. The first kappa shape index (κ1) is 20.5. The Balaban J connectivity index is 0.00000240. The third kappa shape index (κ3) is 3.84. The number of nitrogens with zero attached hydrogens (tertiary/aromatic N) is 4. The number of aryl methyl sites for hydroxylation is 1. The molecule has 2 atom stereocenters. The van der Waals surface area contributed by atoms with E-state index in [4.69, 9.17) is 5.26 Å². The molecule has 0 bridgehead atoms. The van der Waals surface area contributed by atoms with E-state index in [9.17, 15) is 18.0 Å². The standard InChI is InChI=1S/C18H19N6O4S.2H2/c1-10-5-4-6-14-17(10)29(27,28)24(18(26)23-14)9-15(25)22-12(3)16-11(2)21-13(7-19)8-20-16;;/h4-6,8,12,17H,9H2,1-3H3,(H,22,25)(H,23,26);2*1H/t12-,17?;;/m0../s1. The lowest BCUT2D eigenvalue weighted by Gasteiger charge is -2.36. The van der Waals surface area contributed by atoms with Gasteiger partial charge in [-0.2, -0.15) is 5.26 Å². The van der Waals surface area contributed by atoms with Gasteiger partial charge in [-0.25, -0.2) is 22.5 Å². The number of rotatable bonds is 4. The van der Waals surface area contributed by atoms with Crippen LogP contribution in [0.5, 0.6) is 0 Å². The molecule has 1 radical (unpaired) electrons. The van der Waals surface area contributed by atoms with Crippen LogP contribution < -0.4 is 10.6 Å². The Morgan fingerprint density at radius 1 is 1.45 bits per heavy atom. The van der Waals surface area contributed by atoms with E-state index in [-0.39, 0.29) is 14.2 Å². The Morgan fingerprint density at radius 3 is 2.83 bits per heavy atom. The molecular formula is C18H23N6O4S. The van der Waals surface area contributed by atoms with Crippen molar-refractivity contribution in [3.63, 3.8) is 0 Å². The van der Waals surface area contributed by atoms with Gasteiger partial charge >= 0.3 is 6.03 Å². The third-order valence-electron chi connectivity index (χ3n) is 4.59. The van der Waals surface area contributed by atoms with Gasteiger partial charge in [-0.3, -0.25) is 9.78 Å². The molecule has 10 nitrogen and oxygen atoms in total. The maximum atomic E-state index is 12.9. The maximum Gasteiger partial charge on any atom is 0.335 e. The van der Waals surface area contributed by atoms with E-state index < -0.39 is 39.8 Å². The molecule has 1 saturated heterocycles. The van der Waals surface area contributed by atoms with Crippen molar-refractivity contribution in [3.8, 4) is 6.07 Å². The number of aromatic nitrogens is 2. The van der Waals surface area contributed by atoms with E-state index in [0.29, 0.717) is 21.3 Å². The summed E-state index contributed by atoms with van der Waals surface area (Å²) < 4.78 is 26.4. The van der Waals surface area contributed by atoms with Gasteiger partial charge in [0.1, 0.15) is 17.9 Å². The van der Waals surface area contributed by atoms with Crippen LogP contribution in [-0.4, -0.2) is 46.4 Å². The molecule has 0 spiro atoms. The van der Waals surface area contributed by atoms with Crippen LogP contribution in [0.15, 0.2) is 29.6 Å². The van der Waals surface area contributed by atoms with Crippen molar-refractivity contribution in [3.05, 3.63) is 53.1 Å². The van der Waals surface area contributed by atoms with Crippen LogP contribution in [0.3, 0.4) is 0 Å². The summed E-state index contributed by atoms with van der Waals surface area (Å²) in [5, 5.41) is 13.0. The van der Waals surface area contributed by atoms with E-state index in [2.05, 4.69) is 20.6 Å². The molecule has 29 heavy (non-hydrogen) atoms. The molecule has 1 aromatic heterocycles. The number of nitriles is 1. The number of carbonyl (C=O) groups excluding carboxylic acids is 2. The van der Waals surface area contributed by atoms with Crippen molar-refractivity contribution in [2.75, 3.05) is 6.54 Å². The van der Waals surface area contributed by atoms with Crippen LogP contribution in [0.1, 0.15) is 39.8 Å². The molecule has 2 N–H and O–H groups in total. The summed E-state index contributed by atoms with van der Waals surface area (Å²) in [6.07, 6.45) is 6.12. The fraction of sp³-hybridized carbons (Fsp3) is 0.333. The fourth-order valence-corrected chi connectivity index (χ4v) is 5.11. The predicted octanol–water partition coefficient (Wildman–Crippen LogP) is 1.10. The van der Waals surface area contributed by atoms with Gasteiger partial charge in [0.25, 0.3) is 10.0 Å². The van der Waals surface area contributed by atoms with E-state index >= 15 is 0 Å². The van der Waals surface area contributed by atoms with Crippen LogP contribution in [0.25, 0.3) is 0 Å². The van der Waals surface area contributed by atoms with Crippen molar-refractivity contribution in [2.24, 2.45) is 0 Å². The summed E-state index contributed by atoms with van der Waals surface area (Å²) in [6, 6.07) is 0.400. The summed E-state index contributed by atoms with van der Waals surface area (Å²) in [6.45, 7) is 4.28. The summed E-state index contributed by atoms with van der Waals surface area (Å²) in [7, 11) is -4.10. The minimum atomic E-state index is -4.10. The lowest BCUT2D eigenvalue weighted by atomic mass is 10.0. The summed E-state index contributed by atoms with van der Waals surface area (Å²) >= 11 is 0. The van der Waals surface area contributed by atoms with Crippen molar-refractivity contribution in [1.82, 2.24) is 24.9 Å². The van der Waals surface area contributed by atoms with Gasteiger partial charge in [0.2, 0.25) is 5.91 Å². The Bertz CT molecular complexity index is 1100. The van der Waals surface area contributed by atoms with E-state index in [0.717, 1.165) is 0 Å². The molecule has 1 aliphatic heterocycles. The highest BCUT2D eigenvalue weighted by atomic mass is 32.2. The number of urea groups is 1. The van der Waals surface area contributed by atoms with Gasteiger partial charge in [0.05, 0.1) is 23.6 Å². The molecule has 1 unspecified atom stereocenters. The lowest BCUT2D eigenvalue weighted by molar-refractivity contribution is -0.121. The maximum absolute atomic E-state index is 12.9. The summed E-state index contributed by atoms with van der Waals surface area (Å²) in [4.78, 5) is 33.0. The SMILES string of the molecule is CC1=C[CH]C=C2NC(=O)N(CC(=O)N[C@@H](C)c3ncc(C#N)nc3C)S(=O)(=O)C12.[HH].[HH]. The zero-order valence-electron chi connectivity index (χ0n) is 16.0. The predicted molar refractivity (Wildman–Crippen MR) is 106 cm³/mol. The number of carbonyl (C=O) groups is 2. The smallest absolute Gasteiger partial charge is 0.335 e. The number of fused-ring (bicyclic) bond motifs is 1. The molecule has 2 heterocycles. The van der Waals surface area contributed by atoms with Crippen molar-refractivity contribution >= 4 is 22.0 Å². The Kier molecular flexibility index (Phi) is 5.39. The minimum Gasteiger partial charge on any atom is -0.346 e. The quantitative estimate of drug-likeness (QED) is 0.743. The zero-order valence-corrected chi connectivity index (χ0v) is 16.8.